The van der Waals surface area contributed by atoms with Gasteiger partial charge in [0.2, 0.25) is 0 Å². The summed E-state index contributed by atoms with van der Waals surface area (Å²) >= 11 is 0. The zero-order chi connectivity index (χ0) is 10.0. The molecule has 0 aromatic carbocycles. The molecule has 0 spiro atoms. The monoisotopic (exact) mass is 199 g/mol. The quantitative estimate of drug-likeness (QED) is 0.720. The van der Waals surface area contributed by atoms with E-state index >= 15 is 0 Å². The van der Waals surface area contributed by atoms with Crippen LogP contribution in [-0.2, 0) is 0 Å². The molecule has 1 saturated carbocycles. The van der Waals surface area contributed by atoms with Gasteiger partial charge >= 0.3 is 0 Å². The van der Waals surface area contributed by atoms with E-state index in [-0.39, 0.29) is 6.04 Å². The molecule has 1 saturated heterocycles. The summed E-state index contributed by atoms with van der Waals surface area (Å²) in [4.78, 5) is 0. The highest BCUT2D eigenvalue weighted by Gasteiger charge is 2.40. The smallest absolute Gasteiger partial charge is 0.126 e. The number of hydrogen-bond acceptors (Lipinski definition) is 1. The van der Waals surface area contributed by atoms with Crippen LogP contribution in [0.3, 0.4) is 0 Å². The Hall–Kier alpha value is -0.110. The van der Waals surface area contributed by atoms with Crippen molar-refractivity contribution >= 4 is 0 Å². The van der Waals surface area contributed by atoms with Gasteiger partial charge in [0.1, 0.15) is 5.67 Å². The Kier molecular flexibility index (Phi) is 3.10. The summed E-state index contributed by atoms with van der Waals surface area (Å²) in [5, 5.41) is 3.27. The standard InChI is InChI=1S/C12H22FN/c1-10-12(13,7-4-8-14-10)9-11-5-2-3-6-11/h10-11,14H,2-9H2,1H3. The molecule has 2 atom stereocenters. The Morgan fingerprint density at radius 1 is 1.29 bits per heavy atom. The second kappa shape index (κ2) is 4.18. The molecule has 2 heteroatoms. The van der Waals surface area contributed by atoms with Crippen LogP contribution in [0.25, 0.3) is 0 Å². The summed E-state index contributed by atoms with van der Waals surface area (Å²) in [5.74, 6) is 0.669. The Morgan fingerprint density at radius 3 is 2.64 bits per heavy atom. The first-order valence-electron chi connectivity index (χ1n) is 6.13. The summed E-state index contributed by atoms with van der Waals surface area (Å²) in [5.41, 5.74) is -0.909. The molecule has 2 unspecified atom stereocenters. The summed E-state index contributed by atoms with van der Waals surface area (Å²) < 4.78 is 14.6. The number of piperidine rings is 1. The molecular formula is C12H22FN. The molecule has 2 fully saturated rings. The maximum atomic E-state index is 14.6. The fourth-order valence-corrected chi connectivity index (χ4v) is 3.07. The van der Waals surface area contributed by atoms with Crippen LogP contribution in [0.2, 0.25) is 0 Å². The second-order valence-corrected chi connectivity index (χ2v) is 5.17. The highest BCUT2D eigenvalue weighted by Crippen LogP contribution is 2.38. The summed E-state index contributed by atoms with van der Waals surface area (Å²) in [6.45, 7) is 3.01. The van der Waals surface area contributed by atoms with Crippen LogP contribution in [0.4, 0.5) is 4.39 Å². The van der Waals surface area contributed by atoms with E-state index in [0.29, 0.717) is 5.92 Å². The van der Waals surface area contributed by atoms with Crippen molar-refractivity contribution < 1.29 is 4.39 Å². The predicted octanol–water partition coefficient (Wildman–Crippen LogP) is 3.05. The van der Waals surface area contributed by atoms with Gasteiger partial charge < -0.3 is 5.32 Å². The molecule has 1 heterocycles. The van der Waals surface area contributed by atoms with Crippen LogP contribution in [0.1, 0.15) is 51.9 Å². The second-order valence-electron chi connectivity index (χ2n) is 5.17. The zero-order valence-electron chi connectivity index (χ0n) is 9.19. The highest BCUT2D eigenvalue weighted by atomic mass is 19.1. The first-order valence-corrected chi connectivity index (χ1v) is 6.13. The SMILES string of the molecule is CC1NCCCC1(F)CC1CCCC1. The minimum atomic E-state index is -0.909. The highest BCUT2D eigenvalue weighted by molar-refractivity contribution is 4.95. The van der Waals surface area contributed by atoms with Crippen molar-refractivity contribution in [3.05, 3.63) is 0 Å². The van der Waals surface area contributed by atoms with Gasteiger partial charge in [-0.3, -0.25) is 0 Å². The molecule has 0 radical (unpaired) electrons. The molecule has 1 N–H and O–H groups in total. The minimum Gasteiger partial charge on any atom is -0.311 e. The van der Waals surface area contributed by atoms with E-state index in [4.69, 9.17) is 0 Å². The maximum Gasteiger partial charge on any atom is 0.126 e. The van der Waals surface area contributed by atoms with E-state index in [1.54, 1.807) is 0 Å². The molecule has 0 amide bonds. The number of nitrogens with one attached hydrogen (secondary N) is 1. The topological polar surface area (TPSA) is 12.0 Å². The molecule has 1 aliphatic carbocycles. The molecular weight excluding hydrogens is 177 g/mol. The molecule has 0 aromatic heterocycles. The Bertz CT molecular complexity index is 189. The zero-order valence-corrected chi connectivity index (χ0v) is 9.19. The lowest BCUT2D eigenvalue weighted by Crippen LogP contribution is -2.51. The molecule has 0 aromatic rings. The van der Waals surface area contributed by atoms with Crippen molar-refractivity contribution in [1.82, 2.24) is 5.32 Å². The lowest BCUT2D eigenvalue weighted by molar-refractivity contribution is 0.0500. The van der Waals surface area contributed by atoms with Gasteiger partial charge in [-0.1, -0.05) is 25.7 Å². The summed E-state index contributed by atoms with van der Waals surface area (Å²) in [6.07, 6.45) is 7.76. The van der Waals surface area contributed by atoms with E-state index in [1.807, 2.05) is 6.92 Å². The van der Waals surface area contributed by atoms with Crippen molar-refractivity contribution in [3.8, 4) is 0 Å². The predicted molar refractivity (Wildman–Crippen MR) is 57.1 cm³/mol. The van der Waals surface area contributed by atoms with Crippen LogP contribution < -0.4 is 5.32 Å². The van der Waals surface area contributed by atoms with Gasteiger partial charge in [0, 0.05) is 6.04 Å². The van der Waals surface area contributed by atoms with E-state index in [1.165, 1.54) is 25.7 Å². The third kappa shape index (κ3) is 2.10. The maximum absolute atomic E-state index is 14.6. The van der Waals surface area contributed by atoms with Crippen molar-refractivity contribution in [2.45, 2.75) is 63.6 Å². The average molecular weight is 199 g/mol. The molecule has 14 heavy (non-hydrogen) atoms. The number of halogens is 1. The van der Waals surface area contributed by atoms with Crippen LogP contribution in [0, 0.1) is 5.92 Å². The first kappa shape index (κ1) is 10.4. The Balaban J connectivity index is 1.92. The van der Waals surface area contributed by atoms with Gasteiger partial charge in [-0.25, -0.2) is 4.39 Å². The molecule has 2 aliphatic rings. The van der Waals surface area contributed by atoms with Crippen molar-refractivity contribution in [2.75, 3.05) is 6.54 Å². The van der Waals surface area contributed by atoms with Gasteiger partial charge in [-0.05, 0) is 38.6 Å². The lowest BCUT2D eigenvalue weighted by atomic mass is 9.80. The van der Waals surface area contributed by atoms with Crippen LogP contribution in [-0.4, -0.2) is 18.3 Å². The van der Waals surface area contributed by atoms with Gasteiger partial charge in [-0.15, -0.1) is 0 Å². The molecule has 1 nitrogen and oxygen atoms in total. The molecule has 2 rings (SSSR count). The van der Waals surface area contributed by atoms with Gasteiger partial charge in [0.05, 0.1) is 0 Å². The summed E-state index contributed by atoms with van der Waals surface area (Å²) in [6, 6.07) is 0.0665. The normalized spacial score (nSPS) is 40.3. The van der Waals surface area contributed by atoms with Crippen LogP contribution in [0.5, 0.6) is 0 Å². The van der Waals surface area contributed by atoms with E-state index in [0.717, 1.165) is 25.8 Å². The van der Waals surface area contributed by atoms with Gasteiger partial charge in [0.15, 0.2) is 0 Å². The third-order valence-electron chi connectivity index (χ3n) is 4.10. The van der Waals surface area contributed by atoms with Gasteiger partial charge in [-0.2, -0.15) is 0 Å². The van der Waals surface area contributed by atoms with Crippen LogP contribution in [0.15, 0.2) is 0 Å². The molecule has 0 bridgehead atoms. The fraction of sp³-hybridized carbons (Fsp3) is 1.00. The van der Waals surface area contributed by atoms with E-state index < -0.39 is 5.67 Å². The number of rotatable bonds is 2. The van der Waals surface area contributed by atoms with Crippen molar-refractivity contribution in [3.63, 3.8) is 0 Å². The molecule has 1 aliphatic heterocycles. The fourth-order valence-electron chi connectivity index (χ4n) is 3.07. The van der Waals surface area contributed by atoms with E-state index in [2.05, 4.69) is 5.32 Å². The van der Waals surface area contributed by atoms with Gasteiger partial charge in [0.25, 0.3) is 0 Å². The largest absolute Gasteiger partial charge is 0.311 e. The van der Waals surface area contributed by atoms with Crippen molar-refractivity contribution in [1.29, 1.82) is 0 Å². The minimum absolute atomic E-state index is 0.0665. The first-order chi connectivity index (χ1) is 6.71. The summed E-state index contributed by atoms with van der Waals surface area (Å²) in [7, 11) is 0. The lowest BCUT2D eigenvalue weighted by Gasteiger charge is -2.38. The third-order valence-corrected chi connectivity index (χ3v) is 4.10. The van der Waals surface area contributed by atoms with E-state index in [9.17, 15) is 4.39 Å². The number of hydrogen-bond donors (Lipinski definition) is 1. The number of alkyl halides is 1. The van der Waals surface area contributed by atoms with Crippen LogP contribution >= 0.6 is 0 Å². The molecule has 82 valence electrons. The Labute approximate surface area is 86.5 Å². The van der Waals surface area contributed by atoms with Crippen molar-refractivity contribution in [2.24, 2.45) is 5.92 Å². The Morgan fingerprint density at radius 2 is 2.00 bits per heavy atom. The average Bonchev–Trinajstić information content (AvgIpc) is 2.63.